The molecule has 0 bridgehead atoms. The molecular formula is C12H16N6O. The first kappa shape index (κ1) is 11.9. The molecule has 7 heteroatoms. The number of rotatable bonds is 3. The van der Waals surface area contributed by atoms with Gasteiger partial charge in [0.2, 0.25) is 0 Å². The number of hydrazine groups is 1. The Bertz CT molecular complexity index is 644. The molecule has 0 fully saturated rings. The van der Waals surface area contributed by atoms with Crippen LogP contribution >= 0.6 is 0 Å². The average molecular weight is 260 g/mol. The molecule has 100 valence electrons. The smallest absolute Gasteiger partial charge is 0.308 e. The predicted octanol–water partition coefficient (Wildman–Crippen LogP) is 0.110. The minimum absolute atomic E-state index is 0.0531. The van der Waals surface area contributed by atoms with Crippen molar-refractivity contribution < 1.29 is 0 Å². The summed E-state index contributed by atoms with van der Waals surface area (Å²) in [4.78, 5) is 16.5. The second-order valence-corrected chi connectivity index (χ2v) is 4.62. The van der Waals surface area contributed by atoms with Crippen molar-refractivity contribution in [2.75, 3.05) is 5.43 Å². The van der Waals surface area contributed by atoms with E-state index in [2.05, 4.69) is 15.5 Å². The largest absolute Gasteiger partial charge is 0.346 e. The molecule has 3 N–H and O–H groups in total. The third-order valence-corrected chi connectivity index (χ3v) is 3.30. The number of nitrogens with two attached hydrogens (primary N) is 1. The minimum Gasteiger partial charge on any atom is -0.308 e. The van der Waals surface area contributed by atoms with E-state index in [-0.39, 0.29) is 5.69 Å². The number of nitrogen functional groups attached to an aromatic ring is 1. The van der Waals surface area contributed by atoms with Gasteiger partial charge in [0.05, 0.1) is 12.2 Å². The Hall–Kier alpha value is -2.15. The summed E-state index contributed by atoms with van der Waals surface area (Å²) in [6.45, 7) is 1.14. The summed E-state index contributed by atoms with van der Waals surface area (Å²) in [5, 5.41) is 4.38. The molecule has 7 nitrogen and oxygen atoms in total. The van der Waals surface area contributed by atoms with Crippen LogP contribution in [-0.2, 0) is 19.5 Å². The van der Waals surface area contributed by atoms with Gasteiger partial charge in [0.15, 0.2) is 0 Å². The van der Waals surface area contributed by atoms with Gasteiger partial charge in [-0.3, -0.25) is 4.57 Å². The second kappa shape index (κ2) is 4.85. The van der Waals surface area contributed by atoms with Gasteiger partial charge in [0, 0.05) is 13.0 Å². The maximum Gasteiger partial charge on any atom is 0.346 e. The molecule has 0 unspecified atom stereocenters. The summed E-state index contributed by atoms with van der Waals surface area (Å²) >= 11 is 0. The number of fused-ring (bicyclic) bond motifs is 1. The SMILES string of the molecule is NNc1cccc(Cn2nc3n(c2=O)CCCC3)n1. The summed E-state index contributed by atoms with van der Waals surface area (Å²) < 4.78 is 3.23. The molecule has 0 atom stereocenters. The van der Waals surface area contributed by atoms with Gasteiger partial charge in [-0.1, -0.05) is 6.07 Å². The summed E-state index contributed by atoms with van der Waals surface area (Å²) in [5.41, 5.74) is 3.20. The van der Waals surface area contributed by atoms with Crippen molar-refractivity contribution in [3.63, 3.8) is 0 Å². The standard InChI is InChI=1S/C12H16N6O/c13-15-10-5-3-4-9(14-10)8-18-12(19)17-7-2-1-6-11(17)16-18/h3-5H,1-2,6-8,13H2,(H,14,15). The van der Waals surface area contributed by atoms with Gasteiger partial charge in [-0.2, -0.15) is 5.10 Å². The Morgan fingerprint density at radius 1 is 1.37 bits per heavy atom. The summed E-state index contributed by atoms with van der Waals surface area (Å²) in [5.74, 6) is 6.78. The van der Waals surface area contributed by atoms with E-state index in [1.165, 1.54) is 4.68 Å². The highest BCUT2D eigenvalue weighted by Gasteiger charge is 2.16. The lowest BCUT2D eigenvalue weighted by molar-refractivity contribution is 0.511. The van der Waals surface area contributed by atoms with Crippen molar-refractivity contribution in [1.29, 1.82) is 0 Å². The van der Waals surface area contributed by atoms with Crippen LogP contribution in [0.5, 0.6) is 0 Å². The number of aryl methyl sites for hydroxylation is 1. The molecular weight excluding hydrogens is 244 g/mol. The Labute approximate surface area is 110 Å². The van der Waals surface area contributed by atoms with Crippen molar-refractivity contribution in [2.24, 2.45) is 5.84 Å². The summed E-state index contributed by atoms with van der Waals surface area (Å²) in [6.07, 6.45) is 3.02. The van der Waals surface area contributed by atoms with Gasteiger partial charge in [0.1, 0.15) is 11.6 Å². The number of pyridine rings is 1. The van der Waals surface area contributed by atoms with E-state index in [4.69, 9.17) is 5.84 Å². The molecule has 3 rings (SSSR count). The van der Waals surface area contributed by atoms with Gasteiger partial charge in [0.25, 0.3) is 0 Å². The normalized spacial score (nSPS) is 14.2. The summed E-state index contributed by atoms with van der Waals surface area (Å²) in [6, 6.07) is 5.47. The van der Waals surface area contributed by atoms with Crippen LogP contribution in [0.4, 0.5) is 5.82 Å². The van der Waals surface area contributed by atoms with Crippen molar-refractivity contribution in [3.05, 3.63) is 40.2 Å². The molecule has 0 radical (unpaired) electrons. The lowest BCUT2D eigenvalue weighted by Gasteiger charge is -2.09. The lowest BCUT2D eigenvalue weighted by atomic mass is 10.2. The van der Waals surface area contributed by atoms with Gasteiger partial charge < -0.3 is 5.43 Å². The number of aromatic nitrogens is 4. The molecule has 3 heterocycles. The molecule has 2 aromatic rings. The van der Waals surface area contributed by atoms with E-state index in [1.54, 1.807) is 10.6 Å². The maximum atomic E-state index is 12.2. The predicted molar refractivity (Wildman–Crippen MR) is 70.6 cm³/mol. The fourth-order valence-electron chi connectivity index (χ4n) is 2.35. The number of nitrogens with one attached hydrogen (secondary N) is 1. The first-order chi connectivity index (χ1) is 9.28. The molecule has 1 aliphatic rings. The molecule has 0 aliphatic carbocycles. The molecule has 1 aliphatic heterocycles. The number of anilines is 1. The Balaban J connectivity index is 1.91. The van der Waals surface area contributed by atoms with Crippen molar-refractivity contribution in [3.8, 4) is 0 Å². The molecule has 0 amide bonds. The second-order valence-electron chi connectivity index (χ2n) is 4.62. The zero-order valence-corrected chi connectivity index (χ0v) is 10.5. The number of nitrogens with zero attached hydrogens (tertiary/aromatic N) is 4. The number of hydrogen-bond donors (Lipinski definition) is 2. The van der Waals surface area contributed by atoms with Crippen LogP contribution in [0.2, 0.25) is 0 Å². The highest BCUT2D eigenvalue weighted by molar-refractivity contribution is 5.33. The number of hydrogen-bond acceptors (Lipinski definition) is 5. The van der Waals surface area contributed by atoms with E-state index in [1.807, 2.05) is 12.1 Å². The zero-order chi connectivity index (χ0) is 13.2. The van der Waals surface area contributed by atoms with Gasteiger partial charge in [-0.05, 0) is 25.0 Å². The van der Waals surface area contributed by atoms with Crippen LogP contribution < -0.4 is 17.0 Å². The highest BCUT2D eigenvalue weighted by atomic mass is 16.2. The Morgan fingerprint density at radius 2 is 2.26 bits per heavy atom. The average Bonchev–Trinajstić information content (AvgIpc) is 2.76. The Kier molecular flexibility index (Phi) is 3.04. The lowest BCUT2D eigenvalue weighted by Crippen LogP contribution is -2.27. The molecule has 2 aromatic heterocycles. The molecule has 0 saturated heterocycles. The molecule has 0 aromatic carbocycles. The quantitative estimate of drug-likeness (QED) is 0.604. The highest BCUT2D eigenvalue weighted by Crippen LogP contribution is 2.10. The summed E-state index contributed by atoms with van der Waals surface area (Å²) in [7, 11) is 0. The van der Waals surface area contributed by atoms with Crippen LogP contribution in [0.25, 0.3) is 0 Å². The van der Waals surface area contributed by atoms with Crippen molar-refractivity contribution in [1.82, 2.24) is 19.3 Å². The van der Waals surface area contributed by atoms with Gasteiger partial charge in [-0.25, -0.2) is 20.3 Å². The monoisotopic (exact) mass is 260 g/mol. The first-order valence-corrected chi connectivity index (χ1v) is 6.37. The minimum atomic E-state index is -0.0531. The third kappa shape index (κ3) is 2.24. The van der Waals surface area contributed by atoms with Crippen molar-refractivity contribution in [2.45, 2.75) is 32.4 Å². The van der Waals surface area contributed by atoms with E-state index < -0.39 is 0 Å². The zero-order valence-electron chi connectivity index (χ0n) is 10.5. The van der Waals surface area contributed by atoms with E-state index >= 15 is 0 Å². The molecule has 19 heavy (non-hydrogen) atoms. The van der Waals surface area contributed by atoms with Crippen LogP contribution in [0, 0.1) is 0 Å². The first-order valence-electron chi connectivity index (χ1n) is 6.37. The van der Waals surface area contributed by atoms with Crippen molar-refractivity contribution >= 4 is 5.82 Å². The fourth-order valence-corrected chi connectivity index (χ4v) is 2.35. The van der Waals surface area contributed by atoms with Gasteiger partial charge in [-0.15, -0.1) is 0 Å². The topological polar surface area (TPSA) is 90.8 Å². The van der Waals surface area contributed by atoms with Crippen LogP contribution in [-0.4, -0.2) is 19.3 Å². The molecule has 0 spiro atoms. The molecule has 0 saturated carbocycles. The Morgan fingerprint density at radius 3 is 3.05 bits per heavy atom. The van der Waals surface area contributed by atoms with E-state index in [0.717, 1.165) is 37.3 Å². The third-order valence-electron chi connectivity index (χ3n) is 3.30. The van der Waals surface area contributed by atoms with Gasteiger partial charge >= 0.3 is 5.69 Å². The van der Waals surface area contributed by atoms with Crippen LogP contribution in [0.15, 0.2) is 23.0 Å². The maximum absolute atomic E-state index is 12.2. The fraction of sp³-hybridized carbons (Fsp3) is 0.417. The van der Waals surface area contributed by atoms with E-state index in [9.17, 15) is 4.79 Å². The van der Waals surface area contributed by atoms with Crippen LogP contribution in [0.1, 0.15) is 24.4 Å². The van der Waals surface area contributed by atoms with E-state index in [0.29, 0.717) is 12.4 Å². The van der Waals surface area contributed by atoms with Crippen LogP contribution in [0.3, 0.4) is 0 Å².